The van der Waals surface area contributed by atoms with Crippen LogP contribution in [0.5, 0.6) is 5.75 Å². The zero-order valence-electron chi connectivity index (χ0n) is 10.1. The first-order valence-electron chi connectivity index (χ1n) is 6.02. The van der Waals surface area contributed by atoms with E-state index in [9.17, 15) is 0 Å². The monoisotopic (exact) mass is 254 g/mol. The van der Waals surface area contributed by atoms with Crippen molar-refractivity contribution in [2.24, 2.45) is 5.73 Å². The standard InChI is InChI=1S/C13H19ClN2O/c1-17-13-6-5-9(7-10(13)14)8-16-12-4-2-3-11(12)15/h5-7,11-12,16H,2-4,8,15H2,1H3. The van der Waals surface area contributed by atoms with E-state index in [1.807, 2.05) is 18.2 Å². The van der Waals surface area contributed by atoms with Crippen LogP contribution in [0.3, 0.4) is 0 Å². The summed E-state index contributed by atoms with van der Waals surface area (Å²) < 4.78 is 5.12. The Morgan fingerprint density at radius 3 is 2.88 bits per heavy atom. The van der Waals surface area contributed by atoms with E-state index < -0.39 is 0 Å². The van der Waals surface area contributed by atoms with Gasteiger partial charge in [-0.1, -0.05) is 24.1 Å². The molecule has 2 atom stereocenters. The number of hydrogen-bond donors (Lipinski definition) is 2. The molecule has 0 amide bonds. The second-order valence-electron chi connectivity index (χ2n) is 4.55. The topological polar surface area (TPSA) is 47.3 Å². The summed E-state index contributed by atoms with van der Waals surface area (Å²) in [5.74, 6) is 0.716. The van der Waals surface area contributed by atoms with Crippen LogP contribution in [0.15, 0.2) is 18.2 Å². The highest BCUT2D eigenvalue weighted by Gasteiger charge is 2.22. The average molecular weight is 255 g/mol. The first-order chi connectivity index (χ1) is 8.20. The Kier molecular flexibility index (Phi) is 4.26. The van der Waals surface area contributed by atoms with Gasteiger partial charge in [-0.25, -0.2) is 0 Å². The molecule has 17 heavy (non-hydrogen) atoms. The van der Waals surface area contributed by atoms with E-state index in [1.165, 1.54) is 12.8 Å². The number of benzene rings is 1. The third-order valence-electron chi connectivity index (χ3n) is 3.35. The summed E-state index contributed by atoms with van der Waals surface area (Å²) >= 11 is 6.08. The number of nitrogens with one attached hydrogen (secondary N) is 1. The van der Waals surface area contributed by atoms with Gasteiger partial charge in [0.1, 0.15) is 5.75 Å². The van der Waals surface area contributed by atoms with Crippen LogP contribution < -0.4 is 15.8 Å². The molecule has 1 fully saturated rings. The largest absolute Gasteiger partial charge is 0.495 e. The Morgan fingerprint density at radius 2 is 2.29 bits per heavy atom. The molecule has 1 aromatic carbocycles. The second kappa shape index (κ2) is 5.71. The van der Waals surface area contributed by atoms with Crippen molar-refractivity contribution in [3.63, 3.8) is 0 Å². The molecular weight excluding hydrogens is 236 g/mol. The number of nitrogens with two attached hydrogens (primary N) is 1. The molecule has 3 N–H and O–H groups in total. The van der Waals surface area contributed by atoms with Crippen LogP contribution in [-0.4, -0.2) is 19.2 Å². The molecule has 94 valence electrons. The number of ether oxygens (including phenoxy) is 1. The summed E-state index contributed by atoms with van der Waals surface area (Å²) in [5, 5.41) is 4.14. The molecule has 0 bridgehead atoms. The minimum absolute atomic E-state index is 0.295. The van der Waals surface area contributed by atoms with Crippen molar-refractivity contribution in [3.05, 3.63) is 28.8 Å². The fraction of sp³-hybridized carbons (Fsp3) is 0.538. The first kappa shape index (κ1) is 12.7. The minimum Gasteiger partial charge on any atom is -0.495 e. The predicted molar refractivity (Wildman–Crippen MR) is 70.5 cm³/mol. The molecule has 2 unspecified atom stereocenters. The van der Waals surface area contributed by atoms with Crippen LogP contribution in [-0.2, 0) is 6.54 Å². The molecule has 0 aromatic heterocycles. The molecule has 2 rings (SSSR count). The lowest BCUT2D eigenvalue weighted by atomic mass is 10.1. The van der Waals surface area contributed by atoms with Gasteiger partial charge in [-0.15, -0.1) is 0 Å². The van der Waals surface area contributed by atoms with Crippen LogP contribution in [0.25, 0.3) is 0 Å². The maximum atomic E-state index is 6.08. The Bertz CT molecular complexity index is 384. The van der Waals surface area contributed by atoms with Crippen LogP contribution in [0.2, 0.25) is 5.02 Å². The van der Waals surface area contributed by atoms with Gasteiger partial charge < -0.3 is 15.8 Å². The Hall–Kier alpha value is -0.770. The lowest BCUT2D eigenvalue weighted by Gasteiger charge is -2.17. The Labute approximate surface area is 107 Å². The van der Waals surface area contributed by atoms with Gasteiger partial charge in [-0.2, -0.15) is 0 Å². The number of rotatable bonds is 4. The van der Waals surface area contributed by atoms with Gasteiger partial charge >= 0.3 is 0 Å². The zero-order valence-corrected chi connectivity index (χ0v) is 10.8. The van der Waals surface area contributed by atoms with Crippen molar-refractivity contribution in [2.45, 2.75) is 37.9 Å². The lowest BCUT2D eigenvalue weighted by molar-refractivity contribution is 0.414. The van der Waals surface area contributed by atoms with Crippen molar-refractivity contribution in [1.82, 2.24) is 5.32 Å². The van der Waals surface area contributed by atoms with E-state index in [1.54, 1.807) is 7.11 Å². The molecule has 1 aliphatic rings. The van der Waals surface area contributed by atoms with Gasteiger partial charge in [0.05, 0.1) is 12.1 Å². The molecule has 4 heteroatoms. The average Bonchev–Trinajstić information content (AvgIpc) is 2.72. The fourth-order valence-electron chi connectivity index (χ4n) is 2.31. The van der Waals surface area contributed by atoms with Gasteiger partial charge in [-0.05, 0) is 30.5 Å². The molecule has 1 saturated carbocycles. The van der Waals surface area contributed by atoms with Crippen molar-refractivity contribution < 1.29 is 4.74 Å². The number of methoxy groups -OCH3 is 1. The molecule has 0 spiro atoms. The van der Waals surface area contributed by atoms with Crippen molar-refractivity contribution in [1.29, 1.82) is 0 Å². The van der Waals surface area contributed by atoms with Gasteiger partial charge in [0.2, 0.25) is 0 Å². The zero-order chi connectivity index (χ0) is 12.3. The quantitative estimate of drug-likeness (QED) is 0.867. The number of hydrogen-bond acceptors (Lipinski definition) is 3. The summed E-state index contributed by atoms with van der Waals surface area (Å²) in [7, 11) is 1.62. The van der Waals surface area contributed by atoms with Crippen molar-refractivity contribution in [3.8, 4) is 5.75 Å². The number of halogens is 1. The van der Waals surface area contributed by atoms with Gasteiger partial charge in [0, 0.05) is 18.6 Å². The smallest absolute Gasteiger partial charge is 0.137 e. The van der Waals surface area contributed by atoms with E-state index >= 15 is 0 Å². The summed E-state index contributed by atoms with van der Waals surface area (Å²) in [6.45, 7) is 0.808. The van der Waals surface area contributed by atoms with E-state index in [0.717, 1.165) is 18.5 Å². The maximum absolute atomic E-state index is 6.08. The summed E-state index contributed by atoms with van der Waals surface area (Å²) in [4.78, 5) is 0. The molecule has 1 aliphatic carbocycles. The van der Waals surface area contributed by atoms with Gasteiger partial charge in [-0.3, -0.25) is 0 Å². The molecule has 1 aromatic rings. The normalized spacial score (nSPS) is 23.9. The minimum atomic E-state index is 0.295. The lowest BCUT2D eigenvalue weighted by Crippen LogP contribution is -2.40. The fourth-order valence-corrected chi connectivity index (χ4v) is 2.59. The maximum Gasteiger partial charge on any atom is 0.137 e. The van der Waals surface area contributed by atoms with Crippen molar-refractivity contribution in [2.75, 3.05) is 7.11 Å². The third-order valence-corrected chi connectivity index (χ3v) is 3.65. The Balaban J connectivity index is 1.92. The molecule has 0 heterocycles. The van der Waals surface area contributed by atoms with Gasteiger partial charge in [0.25, 0.3) is 0 Å². The predicted octanol–water partition coefficient (Wildman–Crippen LogP) is 2.32. The summed E-state index contributed by atoms with van der Waals surface area (Å²) in [6.07, 6.45) is 3.52. The molecule has 0 radical (unpaired) electrons. The van der Waals surface area contributed by atoms with Crippen LogP contribution >= 0.6 is 11.6 Å². The van der Waals surface area contributed by atoms with Crippen molar-refractivity contribution >= 4 is 11.6 Å². The van der Waals surface area contributed by atoms with Crippen LogP contribution in [0.1, 0.15) is 24.8 Å². The van der Waals surface area contributed by atoms with E-state index in [4.69, 9.17) is 22.1 Å². The summed E-state index contributed by atoms with van der Waals surface area (Å²) in [5.41, 5.74) is 7.17. The van der Waals surface area contributed by atoms with E-state index in [-0.39, 0.29) is 0 Å². The highest BCUT2D eigenvalue weighted by molar-refractivity contribution is 6.32. The highest BCUT2D eigenvalue weighted by Crippen LogP contribution is 2.25. The SMILES string of the molecule is COc1ccc(CNC2CCCC2N)cc1Cl. The molecular formula is C13H19ClN2O. The molecule has 3 nitrogen and oxygen atoms in total. The van der Waals surface area contributed by atoms with E-state index in [0.29, 0.717) is 22.9 Å². The second-order valence-corrected chi connectivity index (χ2v) is 4.96. The molecule has 0 saturated heterocycles. The van der Waals surface area contributed by atoms with Crippen LogP contribution in [0, 0.1) is 0 Å². The summed E-state index contributed by atoms with van der Waals surface area (Å²) in [6, 6.07) is 6.60. The van der Waals surface area contributed by atoms with Crippen LogP contribution in [0.4, 0.5) is 0 Å². The Morgan fingerprint density at radius 1 is 1.47 bits per heavy atom. The van der Waals surface area contributed by atoms with E-state index in [2.05, 4.69) is 5.32 Å². The first-order valence-corrected chi connectivity index (χ1v) is 6.40. The molecule has 0 aliphatic heterocycles. The highest BCUT2D eigenvalue weighted by atomic mass is 35.5. The third kappa shape index (κ3) is 3.12. The van der Waals surface area contributed by atoms with Gasteiger partial charge in [0.15, 0.2) is 0 Å².